The third-order valence-electron chi connectivity index (χ3n) is 1.39. The molecule has 11 heavy (non-hydrogen) atoms. The van der Waals surface area contributed by atoms with Crippen LogP contribution in [0.25, 0.3) is 0 Å². The van der Waals surface area contributed by atoms with Crippen LogP contribution >= 0.6 is 15.9 Å². The van der Waals surface area contributed by atoms with E-state index >= 15 is 0 Å². The summed E-state index contributed by atoms with van der Waals surface area (Å²) < 4.78 is 0.977. The maximum Gasteiger partial charge on any atom is 0.0597 e. The minimum atomic E-state index is -0.347. The van der Waals surface area contributed by atoms with Gasteiger partial charge in [0.05, 0.1) is 11.2 Å². The predicted molar refractivity (Wildman–Crippen MR) is 49.2 cm³/mol. The number of pyridine rings is 1. The fraction of sp³-hybridized carbons (Fsp3) is 0.375. The molecule has 1 rings (SSSR count). The van der Waals surface area contributed by atoms with Gasteiger partial charge >= 0.3 is 0 Å². The van der Waals surface area contributed by atoms with Crippen LogP contribution in [0.1, 0.15) is 19.5 Å². The van der Waals surface area contributed by atoms with Crippen LogP contribution in [0.2, 0.25) is 0 Å². The molecule has 1 heterocycles. The molecular weight excluding hydrogens is 204 g/mol. The van der Waals surface area contributed by atoms with Crippen molar-refractivity contribution >= 4 is 15.9 Å². The molecule has 3 heteroatoms. The molecule has 0 fully saturated rings. The zero-order valence-corrected chi connectivity index (χ0v) is 8.22. The smallest absolute Gasteiger partial charge is 0.0597 e. The van der Waals surface area contributed by atoms with E-state index in [0.29, 0.717) is 0 Å². The topological polar surface area (TPSA) is 38.9 Å². The van der Waals surface area contributed by atoms with Gasteiger partial charge in [-0.2, -0.15) is 0 Å². The van der Waals surface area contributed by atoms with Crippen LogP contribution < -0.4 is 5.73 Å². The Balaban J connectivity index is 2.99. The SMILES string of the molecule is CC(C)(N)c1ccc(Br)cn1. The number of nitrogens with zero attached hydrogens (tertiary/aromatic N) is 1. The average Bonchev–Trinajstić information content (AvgIpc) is 1.86. The molecule has 0 aliphatic carbocycles. The van der Waals surface area contributed by atoms with Gasteiger partial charge < -0.3 is 5.73 Å². The van der Waals surface area contributed by atoms with Gasteiger partial charge in [-0.25, -0.2) is 0 Å². The van der Waals surface area contributed by atoms with Gasteiger partial charge in [0.1, 0.15) is 0 Å². The quantitative estimate of drug-likeness (QED) is 0.778. The minimum absolute atomic E-state index is 0.347. The normalized spacial score (nSPS) is 11.6. The molecular formula is C8H11BrN2. The minimum Gasteiger partial charge on any atom is -0.321 e. The first-order valence-electron chi connectivity index (χ1n) is 3.41. The Labute approximate surface area is 75.0 Å². The zero-order valence-electron chi connectivity index (χ0n) is 6.63. The molecule has 0 saturated carbocycles. The van der Waals surface area contributed by atoms with Crippen molar-refractivity contribution in [1.82, 2.24) is 4.98 Å². The van der Waals surface area contributed by atoms with Gasteiger partial charge in [0.15, 0.2) is 0 Å². The number of aromatic nitrogens is 1. The maximum absolute atomic E-state index is 5.83. The van der Waals surface area contributed by atoms with Crippen molar-refractivity contribution in [3.05, 3.63) is 28.5 Å². The highest BCUT2D eigenvalue weighted by Crippen LogP contribution is 2.15. The fourth-order valence-electron chi connectivity index (χ4n) is 0.757. The van der Waals surface area contributed by atoms with Gasteiger partial charge in [-0.15, -0.1) is 0 Å². The first-order valence-corrected chi connectivity index (χ1v) is 4.20. The van der Waals surface area contributed by atoms with Crippen molar-refractivity contribution in [2.24, 2.45) is 5.73 Å². The summed E-state index contributed by atoms with van der Waals surface area (Å²) in [6, 6.07) is 3.86. The van der Waals surface area contributed by atoms with Crippen molar-refractivity contribution < 1.29 is 0 Å². The average molecular weight is 215 g/mol. The molecule has 1 aromatic rings. The number of rotatable bonds is 1. The van der Waals surface area contributed by atoms with Crippen molar-refractivity contribution in [2.75, 3.05) is 0 Å². The van der Waals surface area contributed by atoms with E-state index in [4.69, 9.17) is 5.73 Å². The second-order valence-corrected chi connectivity index (χ2v) is 4.00. The van der Waals surface area contributed by atoms with E-state index in [1.54, 1.807) is 6.20 Å². The number of halogens is 1. The van der Waals surface area contributed by atoms with Crippen LogP contribution in [0.4, 0.5) is 0 Å². The summed E-state index contributed by atoms with van der Waals surface area (Å²) in [6.07, 6.45) is 1.75. The van der Waals surface area contributed by atoms with Crippen LogP contribution in [0.5, 0.6) is 0 Å². The van der Waals surface area contributed by atoms with E-state index in [1.165, 1.54) is 0 Å². The predicted octanol–water partition coefficient (Wildman–Crippen LogP) is 2.04. The van der Waals surface area contributed by atoms with Crippen molar-refractivity contribution in [2.45, 2.75) is 19.4 Å². The van der Waals surface area contributed by atoms with Crippen molar-refractivity contribution in [3.8, 4) is 0 Å². The first-order chi connectivity index (χ1) is 5.00. The number of nitrogens with two attached hydrogens (primary N) is 1. The summed E-state index contributed by atoms with van der Waals surface area (Å²) in [5.74, 6) is 0. The molecule has 0 bridgehead atoms. The molecule has 0 aromatic carbocycles. The third-order valence-corrected chi connectivity index (χ3v) is 1.86. The highest BCUT2D eigenvalue weighted by Gasteiger charge is 2.14. The van der Waals surface area contributed by atoms with Crippen LogP contribution in [0.3, 0.4) is 0 Å². The van der Waals surface area contributed by atoms with Gasteiger partial charge in [-0.1, -0.05) is 0 Å². The second-order valence-electron chi connectivity index (χ2n) is 3.08. The standard InChI is InChI=1S/C8H11BrN2/c1-8(2,10)7-4-3-6(9)5-11-7/h3-5H,10H2,1-2H3. The molecule has 0 spiro atoms. The van der Waals surface area contributed by atoms with Crippen molar-refractivity contribution in [3.63, 3.8) is 0 Å². The monoisotopic (exact) mass is 214 g/mol. The van der Waals surface area contributed by atoms with E-state index in [0.717, 1.165) is 10.2 Å². The molecule has 0 saturated heterocycles. The Morgan fingerprint density at radius 2 is 2.09 bits per heavy atom. The van der Waals surface area contributed by atoms with E-state index in [2.05, 4.69) is 20.9 Å². The largest absolute Gasteiger partial charge is 0.321 e. The highest BCUT2D eigenvalue weighted by molar-refractivity contribution is 9.10. The molecule has 0 aliphatic heterocycles. The van der Waals surface area contributed by atoms with E-state index < -0.39 is 0 Å². The Morgan fingerprint density at radius 1 is 1.45 bits per heavy atom. The van der Waals surface area contributed by atoms with Gasteiger partial charge in [0, 0.05) is 10.7 Å². The molecule has 60 valence electrons. The van der Waals surface area contributed by atoms with Crippen LogP contribution in [0, 0.1) is 0 Å². The lowest BCUT2D eigenvalue weighted by atomic mass is 10.0. The molecule has 0 amide bonds. The Bertz CT molecular complexity index is 235. The van der Waals surface area contributed by atoms with E-state index in [9.17, 15) is 0 Å². The molecule has 0 atom stereocenters. The zero-order chi connectivity index (χ0) is 8.48. The Kier molecular flexibility index (Phi) is 2.30. The van der Waals surface area contributed by atoms with Crippen LogP contribution in [0.15, 0.2) is 22.8 Å². The molecule has 0 radical (unpaired) electrons. The second kappa shape index (κ2) is 2.91. The van der Waals surface area contributed by atoms with Crippen LogP contribution in [-0.4, -0.2) is 4.98 Å². The summed E-state index contributed by atoms with van der Waals surface area (Å²) in [4.78, 5) is 4.18. The van der Waals surface area contributed by atoms with Gasteiger partial charge in [0.25, 0.3) is 0 Å². The van der Waals surface area contributed by atoms with E-state index in [1.807, 2.05) is 26.0 Å². The lowest BCUT2D eigenvalue weighted by Gasteiger charge is -2.17. The summed E-state index contributed by atoms with van der Waals surface area (Å²) >= 11 is 3.31. The molecule has 2 nitrogen and oxygen atoms in total. The van der Waals surface area contributed by atoms with Gasteiger partial charge in [0.2, 0.25) is 0 Å². The Hall–Kier alpha value is -0.410. The number of hydrogen-bond acceptors (Lipinski definition) is 2. The Morgan fingerprint density at radius 3 is 2.45 bits per heavy atom. The number of hydrogen-bond donors (Lipinski definition) is 1. The highest BCUT2D eigenvalue weighted by atomic mass is 79.9. The molecule has 2 N–H and O–H groups in total. The lowest BCUT2D eigenvalue weighted by Crippen LogP contribution is -2.29. The van der Waals surface area contributed by atoms with E-state index in [-0.39, 0.29) is 5.54 Å². The third kappa shape index (κ3) is 2.27. The van der Waals surface area contributed by atoms with Crippen LogP contribution in [-0.2, 0) is 5.54 Å². The summed E-state index contributed by atoms with van der Waals surface area (Å²) in [5.41, 5.74) is 6.39. The summed E-state index contributed by atoms with van der Waals surface area (Å²) in [7, 11) is 0. The van der Waals surface area contributed by atoms with Gasteiger partial charge in [-0.05, 0) is 41.9 Å². The molecule has 1 aromatic heterocycles. The molecule has 0 unspecified atom stereocenters. The molecule has 0 aliphatic rings. The summed E-state index contributed by atoms with van der Waals surface area (Å²) in [5, 5.41) is 0. The fourth-order valence-corrected chi connectivity index (χ4v) is 0.992. The first kappa shape index (κ1) is 8.68. The summed E-state index contributed by atoms with van der Waals surface area (Å²) in [6.45, 7) is 3.87. The lowest BCUT2D eigenvalue weighted by molar-refractivity contribution is 0.535. The van der Waals surface area contributed by atoms with Gasteiger partial charge in [-0.3, -0.25) is 4.98 Å². The van der Waals surface area contributed by atoms with Crippen molar-refractivity contribution in [1.29, 1.82) is 0 Å². The maximum atomic E-state index is 5.83.